The topological polar surface area (TPSA) is 63.8 Å². The SMILES string of the molecule is Cc1cccc(Sc2nc(NN)nc3ccccc23)c1. The Morgan fingerprint density at radius 2 is 1.90 bits per heavy atom. The Balaban J connectivity index is 2.10. The number of hydrogen-bond acceptors (Lipinski definition) is 5. The van der Waals surface area contributed by atoms with Crippen LogP contribution in [-0.4, -0.2) is 9.97 Å². The highest BCUT2D eigenvalue weighted by Crippen LogP contribution is 2.32. The molecule has 0 unspecified atom stereocenters. The van der Waals surface area contributed by atoms with Gasteiger partial charge in [0, 0.05) is 10.3 Å². The van der Waals surface area contributed by atoms with Crippen LogP contribution in [0.4, 0.5) is 5.95 Å². The van der Waals surface area contributed by atoms with Crippen LogP contribution in [-0.2, 0) is 0 Å². The summed E-state index contributed by atoms with van der Waals surface area (Å²) >= 11 is 1.61. The fraction of sp³-hybridized carbons (Fsp3) is 0.0667. The number of nitrogens with two attached hydrogens (primary N) is 1. The average molecular weight is 282 g/mol. The lowest BCUT2D eigenvalue weighted by atomic mass is 10.2. The van der Waals surface area contributed by atoms with Crippen molar-refractivity contribution in [3.63, 3.8) is 0 Å². The number of benzene rings is 2. The van der Waals surface area contributed by atoms with Gasteiger partial charge in [-0.2, -0.15) is 0 Å². The van der Waals surface area contributed by atoms with E-state index in [1.54, 1.807) is 11.8 Å². The molecule has 0 aliphatic rings. The summed E-state index contributed by atoms with van der Waals surface area (Å²) in [5.41, 5.74) is 4.63. The third-order valence-corrected chi connectivity index (χ3v) is 3.90. The highest BCUT2D eigenvalue weighted by molar-refractivity contribution is 7.99. The molecule has 4 nitrogen and oxygen atoms in total. The minimum atomic E-state index is 0.429. The normalized spacial score (nSPS) is 10.7. The van der Waals surface area contributed by atoms with Crippen LogP contribution in [0, 0.1) is 6.92 Å². The third kappa shape index (κ3) is 2.59. The molecule has 0 saturated heterocycles. The molecule has 5 heteroatoms. The molecule has 3 aromatic rings. The maximum Gasteiger partial charge on any atom is 0.238 e. The fourth-order valence-electron chi connectivity index (χ4n) is 1.98. The Kier molecular flexibility index (Phi) is 3.54. The van der Waals surface area contributed by atoms with Crippen molar-refractivity contribution < 1.29 is 0 Å². The summed E-state index contributed by atoms with van der Waals surface area (Å²) < 4.78 is 0. The van der Waals surface area contributed by atoms with Gasteiger partial charge in [0.2, 0.25) is 5.95 Å². The van der Waals surface area contributed by atoms with Crippen molar-refractivity contribution in [1.82, 2.24) is 9.97 Å². The van der Waals surface area contributed by atoms with Crippen LogP contribution >= 0.6 is 11.8 Å². The van der Waals surface area contributed by atoms with E-state index in [1.165, 1.54) is 5.56 Å². The van der Waals surface area contributed by atoms with E-state index in [2.05, 4.69) is 40.5 Å². The van der Waals surface area contributed by atoms with Crippen LogP contribution in [0.5, 0.6) is 0 Å². The monoisotopic (exact) mass is 282 g/mol. The summed E-state index contributed by atoms with van der Waals surface area (Å²) in [6, 6.07) is 16.3. The molecule has 3 N–H and O–H groups in total. The number of rotatable bonds is 3. The van der Waals surface area contributed by atoms with E-state index in [1.807, 2.05) is 30.3 Å². The molecule has 0 atom stereocenters. The van der Waals surface area contributed by atoms with Crippen molar-refractivity contribution in [2.75, 3.05) is 5.43 Å². The van der Waals surface area contributed by atoms with Crippen LogP contribution in [0.3, 0.4) is 0 Å². The summed E-state index contributed by atoms with van der Waals surface area (Å²) in [5, 5.41) is 1.92. The molecule has 0 radical (unpaired) electrons. The van der Waals surface area contributed by atoms with E-state index in [0.29, 0.717) is 5.95 Å². The van der Waals surface area contributed by atoms with Gasteiger partial charge in [0.15, 0.2) is 0 Å². The van der Waals surface area contributed by atoms with Crippen LogP contribution in [0.25, 0.3) is 10.9 Å². The molecule has 0 spiro atoms. The lowest BCUT2D eigenvalue weighted by molar-refractivity contribution is 1.07. The Morgan fingerprint density at radius 1 is 1.05 bits per heavy atom. The van der Waals surface area contributed by atoms with E-state index < -0.39 is 0 Å². The van der Waals surface area contributed by atoms with Crippen LogP contribution in [0.2, 0.25) is 0 Å². The lowest BCUT2D eigenvalue weighted by Crippen LogP contribution is -2.10. The Bertz CT molecular complexity index is 758. The smallest absolute Gasteiger partial charge is 0.238 e. The molecule has 0 saturated carbocycles. The van der Waals surface area contributed by atoms with Gasteiger partial charge in [0.1, 0.15) is 5.03 Å². The molecule has 0 amide bonds. The van der Waals surface area contributed by atoms with Gasteiger partial charge in [-0.05, 0) is 25.1 Å². The summed E-state index contributed by atoms with van der Waals surface area (Å²) in [5.74, 6) is 5.87. The third-order valence-electron chi connectivity index (χ3n) is 2.90. The summed E-state index contributed by atoms with van der Waals surface area (Å²) in [4.78, 5) is 9.96. The van der Waals surface area contributed by atoms with Crippen LogP contribution < -0.4 is 11.3 Å². The molecule has 1 aromatic heterocycles. The predicted molar refractivity (Wildman–Crippen MR) is 82.7 cm³/mol. The maximum absolute atomic E-state index is 5.44. The standard InChI is InChI=1S/C15H14N4S/c1-10-5-4-6-11(9-10)20-14-12-7-2-3-8-13(12)17-15(18-14)19-16/h2-9H,16H2,1H3,(H,17,18,19). The first-order valence-corrected chi connectivity index (χ1v) is 7.06. The van der Waals surface area contributed by atoms with Crippen molar-refractivity contribution >= 4 is 28.6 Å². The Morgan fingerprint density at radius 3 is 2.70 bits per heavy atom. The molecule has 0 fully saturated rings. The minimum absolute atomic E-state index is 0.429. The average Bonchev–Trinajstić information content (AvgIpc) is 2.47. The summed E-state index contributed by atoms with van der Waals surface area (Å²) in [6.07, 6.45) is 0. The molecule has 3 rings (SSSR count). The second-order valence-corrected chi connectivity index (χ2v) is 5.49. The molecule has 2 aromatic carbocycles. The quantitative estimate of drug-likeness (QED) is 0.438. The minimum Gasteiger partial charge on any atom is -0.292 e. The van der Waals surface area contributed by atoms with Crippen LogP contribution in [0.15, 0.2) is 58.5 Å². The number of aryl methyl sites for hydroxylation is 1. The molecule has 0 bridgehead atoms. The van der Waals surface area contributed by atoms with Crippen molar-refractivity contribution in [2.45, 2.75) is 16.8 Å². The molecular formula is C15H14N4S. The first kappa shape index (κ1) is 12.9. The largest absolute Gasteiger partial charge is 0.292 e. The first-order chi connectivity index (χ1) is 9.76. The number of nitrogens with one attached hydrogen (secondary N) is 1. The first-order valence-electron chi connectivity index (χ1n) is 6.24. The second-order valence-electron chi connectivity index (χ2n) is 4.43. The number of hydrogen-bond donors (Lipinski definition) is 2. The molecule has 0 aliphatic carbocycles. The molecule has 20 heavy (non-hydrogen) atoms. The second kappa shape index (κ2) is 5.48. The van der Waals surface area contributed by atoms with E-state index in [0.717, 1.165) is 20.8 Å². The van der Waals surface area contributed by atoms with Gasteiger partial charge >= 0.3 is 0 Å². The van der Waals surface area contributed by atoms with Gasteiger partial charge in [-0.15, -0.1) is 0 Å². The van der Waals surface area contributed by atoms with Crippen molar-refractivity contribution in [3.05, 3.63) is 54.1 Å². The summed E-state index contributed by atoms with van der Waals surface area (Å²) in [7, 11) is 0. The highest BCUT2D eigenvalue weighted by atomic mass is 32.2. The number of nitrogen functional groups attached to an aromatic ring is 1. The highest BCUT2D eigenvalue weighted by Gasteiger charge is 2.08. The van der Waals surface area contributed by atoms with Crippen LogP contribution in [0.1, 0.15) is 5.56 Å². The van der Waals surface area contributed by atoms with Gasteiger partial charge in [-0.25, -0.2) is 15.8 Å². The van der Waals surface area contributed by atoms with Gasteiger partial charge in [-0.3, -0.25) is 5.43 Å². The number of nitrogens with zero attached hydrogens (tertiary/aromatic N) is 2. The zero-order valence-corrected chi connectivity index (χ0v) is 11.8. The van der Waals surface area contributed by atoms with Gasteiger partial charge < -0.3 is 0 Å². The van der Waals surface area contributed by atoms with Gasteiger partial charge in [0.25, 0.3) is 0 Å². The van der Waals surface area contributed by atoms with E-state index in [9.17, 15) is 0 Å². The number of hydrazine groups is 1. The number of aromatic nitrogens is 2. The predicted octanol–water partition coefficient (Wildman–Crippen LogP) is 3.38. The van der Waals surface area contributed by atoms with E-state index >= 15 is 0 Å². The van der Waals surface area contributed by atoms with E-state index in [4.69, 9.17) is 5.84 Å². The molecular weight excluding hydrogens is 268 g/mol. The van der Waals surface area contributed by atoms with Crippen molar-refractivity contribution in [1.29, 1.82) is 0 Å². The van der Waals surface area contributed by atoms with Crippen molar-refractivity contribution in [2.24, 2.45) is 5.84 Å². The van der Waals surface area contributed by atoms with Crippen molar-refractivity contribution in [3.8, 4) is 0 Å². The molecule has 0 aliphatic heterocycles. The summed E-state index contributed by atoms with van der Waals surface area (Å²) in [6.45, 7) is 2.08. The number of anilines is 1. The molecule has 1 heterocycles. The zero-order valence-electron chi connectivity index (χ0n) is 11.0. The van der Waals surface area contributed by atoms with Gasteiger partial charge in [0.05, 0.1) is 5.52 Å². The number of fused-ring (bicyclic) bond motifs is 1. The lowest BCUT2D eigenvalue weighted by Gasteiger charge is -2.08. The fourth-order valence-corrected chi connectivity index (χ4v) is 3.01. The molecule has 100 valence electrons. The Labute approximate surface area is 121 Å². The maximum atomic E-state index is 5.44. The van der Waals surface area contributed by atoms with Gasteiger partial charge in [-0.1, -0.05) is 47.7 Å². The zero-order chi connectivity index (χ0) is 13.9. The number of para-hydroxylation sites is 1. The Hall–Kier alpha value is -2.11. The van der Waals surface area contributed by atoms with E-state index in [-0.39, 0.29) is 0 Å².